The van der Waals surface area contributed by atoms with Crippen LogP contribution in [0.4, 0.5) is 5.95 Å². The summed E-state index contributed by atoms with van der Waals surface area (Å²) in [6.45, 7) is 2.13. The van der Waals surface area contributed by atoms with Crippen LogP contribution >= 0.6 is 31.9 Å². The van der Waals surface area contributed by atoms with Gasteiger partial charge in [-0.1, -0.05) is 44.0 Å². The second-order valence-electron chi connectivity index (χ2n) is 4.70. The molecule has 5 heteroatoms. The van der Waals surface area contributed by atoms with Crippen molar-refractivity contribution in [2.24, 2.45) is 0 Å². The fourth-order valence-electron chi connectivity index (χ4n) is 2.41. The van der Waals surface area contributed by atoms with E-state index in [0.717, 1.165) is 20.0 Å². The molecule has 0 amide bonds. The van der Waals surface area contributed by atoms with Crippen LogP contribution in [-0.2, 0) is 0 Å². The molecular formula is C15H13Br2N3. The van der Waals surface area contributed by atoms with Crippen LogP contribution in [0.3, 0.4) is 0 Å². The number of halogens is 2. The van der Waals surface area contributed by atoms with Gasteiger partial charge >= 0.3 is 0 Å². The van der Waals surface area contributed by atoms with E-state index >= 15 is 0 Å². The van der Waals surface area contributed by atoms with E-state index in [0.29, 0.717) is 5.95 Å². The maximum atomic E-state index is 6.10. The predicted octanol–water partition coefficient (Wildman–Crippen LogP) is 4.75. The number of fused-ring (bicyclic) bond motifs is 1. The van der Waals surface area contributed by atoms with Gasteiger partial charge in [0.15, 0.2) is 0 Å². The van der Waals surface area contributed by atoms with Crippen LogP contribution in [0.15, 0.2) is 51.4 Å². The zero-order valence-electron chi connectivity index (χ0n) is 10.8. The van der Waals surface area contributed by atoms with Crippen molar-refractivity contribution in [3.05, 3.63) is 57.0 Å². The minimum atomic E-state index is 0.117. The highest BCUT2D eigenvalue weighted by Gasteiger charge is 2.16. The smallest absolute Gasteiger partial charge is 0.201 e. The number of hydrogen-bond acceptors (Lipinski definition) is 2. The largest absolute Gasteiger partial charge is 0.369 e. The minimum absolute atomic E-state index is 0.117. The average molecular weight is 395 g/mol. The molecule has 2 N–H and O–H groups in total. The molecule has 20 heavy (non-hydrogen) atoms. The van der Waals surface area contributed by atoms with Crippen molar-refractivity contribution >= 4 is 48.8 Å². The molecule has 2 aromatic carbocycles. The molecule has 0 spiro atoms. The molecule has 1 unspecified atom stereocenters. The first kappa shape index (κ1) is 13.6. The lowest BCUT2D eigenvalue weighted by molar-refractivity contribution is 0.667. The molecule has 0 aliphatic carbocycles. The molecule has 3 nitrogen and oxygen atoms in total. The average Bonchev–Trinajstić information content (AvgIpc) is 2.73. The van der Waals surface area contributed by atoms with Gasteiger partial charge in [0.1, 0.15) is 0 Å². The molecule has 0 radical (unpaired) electrons. The third-order valence-corrected chi connectivity index (χ3v) is 4.38. The van der Waals surface area contributed by atoms with E-state index in [-0.39, 0.29) is 6.04 Å². The highest BCUT2D eigenvalue weighted by molar-refractivity contribution is 9.10. The molecule has 1 aromatic heterocycles. The van der Waals surface area contributed by atoms with Crippen LogP contribution in [0, 0.1) is 0 Å². The van der Waals surface area contributed by atoms with E-state index in [1.54, 1.807) is 0 Å². The molecule has 0 fully saturated rings. The zero-order valence-corrected chi connectivity index (χ0v) is 14.0. The first-order chi connectivity index (χ1) is 9.56. The lowest BCUT2D eigenvalue weighted by Gasteiger charge is -2.17. The number of nitrogen functional groups attached to an aromatic ring is 1. The Bertz CT molecular complexity index is 780. The van der Waals surface area contributed by atoms with E-state index < -0.39 is 0 Å². The number of rotatable bonds is 2. The second kappa shape index (κ2) is 5.22. The molecule has 0 bridgehead atoms. The van der Waals surface area contributed by atoms with Gasteiger partial charge in [-0.3, -0.25) is 0 Å². The Morgan fingerprint density at radius 2 is 1.85 bits per heavy atom. The molecule has 1 atom stereocenters. The molecule has 3 aromatic rings. The second-order valence-corrected chi connectivity index (χ2v) is 6.54. The van der Waals surface area contributed by atoms with Gasteiger partial charge in [0.2, 0.25) is 5.95 Å². The summed E-state index contributed by atoms with van der Waals surface area (Å²) in [6.07, 6.45) is 0. The van der Waals surface area contributed by atoms with Gasteiger partial charge in [-0.15, -0.1) is 0 Å². The topological polar surface area (TPSA) is 43.8 Å². The molecule has 0 aliphatic heterocycles. The summed E-state index contributed by atoms with van der Waals surface area (Å²) in [5.41, 5.74) is 9.23. The van der Waals surface area contributed by atoms with E-state index in [1.165, 1.54) is 5.56 Å². The third kappa shape index (κ3) is 2.36. The Hall–Kier alpha value is -1.33. The van der Waals surface area contributed by atoms with Crippen molar-refractivity contribution in [1.82, 2.24) is 9.55 Å². The summed E-state index contributed by atoms with van der Waals surface area (Å²) in [5, 5.41) is 0. The number of nitrogens with zero attached hydrogens (tertiary/aromatic N) is 2. The number of benzene rings is 2. The quantitative estimate of drug-likeness (QED) is 0.681. The van der Waals surface area contributed by atoms with Gasteiger partial charge < -0.3 is 10.3 Å². The maximum absolute atomic E-state index is 6.10. The predicted molar refractivity (Wildman–Crippen MR) is 89.8 cm³/mol. The highest BCUT2D eigenvalue weighted by Crippen LogP contribution is 2.30. The summed E-state index contributed by atoms with van der Waals surface area (Å²) in [5.74, 6) is 0.533. The zero-order chi connectivity index (χ0) is 14.3. The van der Waals surface area contributed by atoms with Crippen LogP contribution in [0.2, 0.25) is 0 Å². The van der Waals surface area contributed by atoms with Crippen molar-refractivity contribution in [2.75, 3.05) is 5.73 Å². The molecular weight excluding hydrogens is 382 g/mol. The Morgan fingerprint density at radius 1 is 1.10 bits per heavy atom. The first-order valence-corrected chi connectivity index (χ1v) is 7.83. The van der Waals surface area contributed by atoms with Gasteiger partial charge in [0.05, 0.1) is 17.1 Å². The van der Waals surface area contributed by atoms with Gasteiger partial charge in [0.25, 0.3) is 0 Å². The van der Waals surface area contributed by atoms with Crippen LogP contribution in [0.1, 0.15) is 18.5 Å². The Kier molecular flexibility index (Phi) is 3.56. The van der Waals surface area contributed by atoms with Crippen LogP contribution in [0.25, 0.3) is 11.0 Å². The number of nitrogens with two attached hydrogens (primary N) is 1. The van der Waals surface area contributed by atoms with Crippen LogP contribution in [0.5, 0.6) is 0 Å². The first-order valence-electron chi connectivity index (χ1n) is 6.24. The van der Waals surface area contributed by atoms with Crippen molar-refractivity contribution in [3.8, 4) is 0 Å². The van der Waals surface area contributed by atoms with Crippen molar-refractivity contribution < 1.29 is 0 Å². The standard InChI is InChI=1S/C15H13Br2N3/c1-9(10-3-2-4-11(16)7-10)20-14-8-12(17)5-6-13(14)19-15(20)18/h2-9H,1H3,(H2,18,19). The van der Waals surface area contributed by atoms with E-state index in [1.807, 2.05) is 30.3 Å². The lowest BCUT2D eigenvalue weighted by atomic mass is 10.1. The molecule has 0 saturated heterocycles. The SMILES string of the molecule is CC(c1cccc(Br)c1)n1c(N)nc2ccc(Br)cc21. The van der Waals surface area contributed by atoms with Crippen LogP contribution < -0.4 is 5.73 Å². The fourth-order valence-corrected chi connectivity index (χ4v) is 3.17. The third-order valence-electron chi connectivity index (χ3n) is 3.40. The van der Waals surface area contributed by atoms with Gasteiger partial charge in [0, 0.05) is 8.95 Å². The molecule has 0 aliphatic rings. The Morgan fingerprint density at radius 3 is 2.60 bits per heavy atom. The van der Waals surface area contributed by atoms with E-state index in [4.69, 9.17) is 5.73 Å². The summed E-state index contributed by atoms with van der Waals surface area (Å²) in [4.78, 5) is 4.43. The van der Waals surface area contributed by atoms with Crippen molar-refractivity contribution in [2.45, 2.75) is 13.0 Å². The van der Waals surface area contributed by atoms with Gasteiger partial charge in [-0.25, -0.2) is 4.98 Å². The Labute approximate surface area is 134 Å². The summed E-state index contributed by atoms with van der Waals surface area (Å²) < 4.78 is 4.14. The van der Waals surface area contributed by atoms with Crippen LogP contribution in [-0.4, -0.2) is 9.55 Å². The molecule has 3 rings (SSSR count). The molecule has 0 saturated carbocycles. The minimum Gasteiger partial charge on any atom is -0.369 e. The normalized spacial score (nSPS) is 12.8. The van der Waals surface area contributed by atoms with E-state index in [2.05, 4.69) is 60.5 Å². The highest BCUT2D eigenvalue weighted by atomic mass is 79.9. The maximum Gasteiger partial charge on any atom is 0.201 e. The van der Waals surface area contributed by atoms with Crippen molar-refractivity contribution in [3.63, 3.8) is 0 Å². The number of aromatic nitrogens is 2. The summed E-state index contributed by atoms with van der Waals surface area (Å²) in [6, 6.07) is 14.4. The van der Waals surface area contributed by atoms with Gasteiger partial charge in [-0.2, -0.15) is 0 Å². The van der Waals surface area contributed by atoms with Gasteiger partial charge in [-0.05, 0) is 42.8 Å². The summed E-state index contributed by atoms with van der Waals surface area (Å²) >= 11 is 7.01. The van der Waals surface area contributed by atoms with Crippen molar-refractivity contribution in [1.29, 1.82) is 0 Å². The number of hydrogen-bond donors (Lipinski definition) is 1. The number of imidazole rings is 1. The molecule has 102 valence electrons. The number of anilines is 1. The van der Waals surface area contributed by atoms with E-state index in [9.17, 15) is 0 Å². The lowest BCUT2D eigenvalue weighted by Crippen LogP contribution is -2.10. The molecule has 1 heterocycles. The monoisotopic (exact) mass is 393 g/mol. The summed E-state index contributed by atoms with van der Waals surface area (Å²) in [7, 11) is 0. The fraction of sp³-hybridized carbons (Fsp3) is 0.133. The Balaban J connectivity index is 2.18.